The van der Waals surface area contributed by atoms with Crippen molar-refractivity contribution in [3.05, 3.63) is 35.9 Å². The van der Waals surface area contributed by atoms with E-state index >= 15 is 0 Å². The lowest BCUT2D eigenvalue weighted by atomic mass is 9.42. The minimum absolute atomic E-state index is 0.0497. The minimum Gasteiger partial charge on any atom is -0.462 e. The Balaban J connectivity index is 1.52. The van der Waals surface area contributed by atoms with Gasteiger partial charge in [0.2, 0.25) is 0 Å². The summed E-state index contributed by atoms with van der Waals surface area (Å²) in [5.74, 6) is -4.27. The van der Waals surface area contributed by atoms with Gasteiger partial charge in [0.05, 0.1) is 24.4 Å². The monoisotopic (exact) mass is 673 g/mol. The van der Waals surface area contributed by atoms with E-state index in [0.717, 1.165) is 0 Å². The van der Waals surface area contributed by atoms with Crippen LogP contribution in [0.25, 0.3) is 0 Å². The van der Waals surface area contributed by atoms with Gasteiger partial charge in [-0.05, 0) is 31.5 Å². The Hall–Kier alpha value is -2.65. The molecule has 1 aromatic carbocycles. The van der Waals surface area contributed by atoms with Gasteiger partial charge in [0.25, 0.3) is 0 Å². The van der Waals surface area contributed by atoms with Crippen LogP contribution in [-0.4, -0.2) is 136 Å². The number of likely N-dealkylation sites (tertiary alicyclic amines) is 1. The van der Waals surface area contributed by atoms with Gasteiger partial charge in [-0.25, -0.2) is 4.79 Å². The summed E-state index contributed by atoms with van der Waals surface area (Å²) in [6.07, 6.45) is -5.46. The van der Waals surface area contributed by atoms with E-state index in [1.165, 1.54) is 21.0 Å². The second-order valence-electron chi connectivity index (χ2n) is 14.9. The number of esters is 3. The SMILES string of the molecule is COC[C@]12CN(C)C3[C@@H]4[C@H](OC)[C@H]1[C@@]3([C@@H](OC)C[C@H]2OC(C)=O)[C@@H]1C[C@@]2(O)[C@H](OC(=O)c3ccccc3)[C@@H]1[C@]4(OC(C)=O)[C@@H](O)[C@@H]2OC. The molecule has 1 unspecified atom stereocenters. The first kappa shape index (κ1) is 33.8. The fourth-order valence-corrected chi connectivity index (χ4v) is 12.5. The molecule has 13 nitrogen and oxygen atoms in total. The highest BCUT2D eigenvalue weighted by Crippen LogP contribution is 2.80. The number of hydrogen-bond acceptors (Lipinski definition) is 13. The first-order valence-electron chi connectivity index (χ1n) is 16.7. The number of piperidine rings is 1. The van der Waals surface area contributed by atoms with Crippen LogP contribution in [0.2, 0.25) is 0 Å². The van der Waals surface area contributed by atoms with E-state index in [9.17, 15) is 24.6 Å². The molecule has 1 aliphatic heterocycles. The van der Waals surface area contributed by atoms with Gasteiger partial charge in [-0.15, -0.1) is 0 Å². The normalized spacial score (nSPS) is 48.1. The molecule has 1 spiro atoms. The molecule has 7 rings (SSSR count). The smallest absolute Gasteiger partial charge is 0.338 e. The molecule has 6 fully saturated rings. The number of carbonyl (C=O) groups excluding carboxylic acids is 3. The first-order chi connectivity index (χ1) is 22.8. The first-order valence-corrected chi connectivity index (χ1v) is 16.7. The van der Waals surface area contributed by atoms with Crippen LogP contribution in [-0.2, 0) is 42.7 Å². The number of hydrogen-bond donors (Lipinski definition) is 2. The molecule has 48 heavy (non-hydrogen) atoms. The predicted molar refractivity (Wildman–Crippen MR) is 165 cm³/mol. The predicted octanol–water partition coefficient (Wildman–Crippen LogP) is 0.829. The third-order valence-corrected chi connectivity index (χ3v) is 13.2. The van der Waals surface area contributed by atoms with Crippen molar-refractivity contribution >= 4 is 17.9 Å². The van der Waals surface area contributed by atoms with Crippen molar-refractivity contribution in [1.29, 1.82) is 0 Å². The van der Waals surface area contributed by atoms with Crippen molar-refractivity contribution < 1.29 is 57.8 Å². The fourth-order valence-electron chi connectivity index (χ4n) is 12.5. The third kappa shape index (κ3) is 3.95. The number of nitrogens with zero attached hydrogens (tertiary/aromatic N) is 1. The van der Waals surface area contributed by atoms with E-state index < -0.39 is 100 Å². The van der Waals surface area contributed by atoms with E-state index in [1.807, 2.05) is 7.05 Å². The molecule has 0 radical (unpaired) electrons. The summed E-state index contributed by atoms with van der Waals surface area (Å²) in [5.41, 5.74) is -4.92. The summed E-state index contributed by atoms with van der Waals surface area (Å²) in [6.45, 7) is 3.34. The summed E-state index contributed by atoms with van der Waals surface area (Å²) in [5, 5.41) is 25.3. The lowest BCUT2D eigenvalue weighted by molar-refractivity contribution is -0.321. The van der Waals surface area contributed by atoms with Crippen molar-refractivity contribution in [3.8, 4) is 0 Å². The van der Waals surface area contributed by atoms with Crippen LogP contribution in [0, 0.1) is 34.5 Å². The van der Waals surface area contributed by atoms with Crippen molar-refractivity contribution in [1.82, 2.24) is 4.90 Å². The highest BCUT2D eigenvalue weighted by molar-refractivity contribution is 5.89. The molecule has 1 aromatic rings. The largest absolute Gasteiger partial charge is 0.462 e. The van der Waals surface area contributed by atoms with Gasteiger partial charge in [0.15, 0.2) is 5.60 Å². The second kappa shape index (κ2) is 11.4. The van der Waals surface area contributed by atoms with Crippen LogP contribution in [0.3, 0.4) is 0 Å². The highest BCUT2D eigenvalue weighted by Gasteiger charge is 2.92. The lowest BCUT2D eigenvalue weighted by Crippen LogP contribution is -2.81. The fraction of sp³-hybridized carbons (Fsp3) is 0.743. The van der Waals surface area contributed by atoms with Crippen molar-refractivity contribution in [2.24, 2.45) is 34.5 Å². The molecule has 13 heteroatoms. The topological polar surface area (TPSA) is 160 Å². The van der Waals surface area contributed by atoms with Gasteiger partial charge in [-0.1, -0.05) is 18.2 Å². The van der Waals surface area contributed by atoms with E-state index in [2.05, 4.69) is 4.90 Å². The summed E-state index contributed by atoms with van der Waals surface area (Å²) >= 11 is 0. The molecule has 264 valence electrons. The number of rotatable bonds is 9. The van der Waals surface area contributed by atoms with E-state index in [4.69, 9.17) is 33.2 Å². The summed E-state index contributed by atoms with van der Waals surface area (Å²) in [6, 6.07) is 8.09. The van der Waals surface area contributed by atoms with Crippen LogP contribution in [0.1, 0.15) is 37.0 Å². The molecule has 1 heterocycles. The van der Waals surface area contributed by atoms with Crippen LogP contribution in [0.5, 0.6) is 0 Å². The number of carbonyl (C=O) groups is 3. The maximum atomic E-state index is 13.8. The number of methoxy groups -OCH3 is 4. The van der Waals surface area contributed by atoms with Gasteiger partial charge < -0.3 is 48.3 Å². The number of ether oxygens (including phenoxy) is 7. The van der Waals surface area contributed by atoms with E-state index in [1.54, 1.807) is 51.7 Å². The second-order valence-corrected chi connectivity index (χ2v) is 14.9. The molecule has 0 aromatic heterocycles. The van der Waals surface area contributed by atoms with Gasteiger partial charge in [-0.3, -0.25) is 9.59 Å². The Bertz CT molecular complexity index is 1460. The average Bonchev–Trinajstić information content (AvgIpc) is 3.43. The molecule has 2 N–H and O–H groups in total. The van der Waals surface area contributed by atoms with Crippen molar-refractivity contribution in [2.45, 2.75) is 80.6 Å². The van der Waals surface area contributed by atoms with E-state index in [-0.39, 0.29) is 24.6 Å². The summed E-state index contributed by atoms with van der Waals surface area (Å²) in [4.78, 5) is 41.9. The summed E-state index contributed by atoms with van der Waals surface area (Å²) < 4.78 is 43.7. The zero-order valence-corrected chi connectivity index (χ0v) is 28.5. The van der Waals surface area contributed by atoms with Crippen molar-refractivity contribution in [2.75, 3.05) is 48.6 Å². The molecule has 15 atom stereocenters. The standard InChI is InChI=1S/C35H47NO12/c1-17(37)46-21-13-22(43-5)34-20-14-33(41)29(47-31(40)19-11-9-8-10-12-19)23(20)35(48-18(2)38,28(39)30(33)45-7)24-25(44-6)26(34)32(21,16-42-4)15-36(3)27(24)34/h8-12,20-30,39,41H,13-16H2,1-7H3/t20-,21-,22+,23-,24+,25+,26-,27?,28+,29-,30+,32+,33-,34+,35-/m1/s1. The molecule has 5 saturated carbocycles. The van der Waals surface area contributed by atoms with E-state index in [0.29, 0.717) is 13.0 Å². The molecular weight excluding hydrogens is 626 g/mol. The van der Waals surface area contributed by atoms with Crippen LogP contribution >= 0.6 is 0 Å². The lowest BCUT2D eigenvalue weighted by Gasteiger charge is -2.70. The third-order valence-electron chi connectivity index (χ3n) is 13.2. The van der Waals surface area contributed by atoms with Crippen LogP contribution in [0.15, 0.2) is 30.3 Å². The van der Waals surface area contributed by atoms with Crippen molar-refractivity contribution in [3.63, 3.8) is 0 Å². The molecule has 7 bridgehead atoms. The Labute approximate surface area is 280 Å². The Morgan fingerprint density at radius 1 is 0.917 bits per heavy atom. The van der Waals surface area contributed by atoms with Crippen LogP contribution in [0.4, 0.5) is 0 Å². The molecule has 5 aliphatic carbocycles. The number of fused-ring (bicyclic) bond motifs is 2. The quantitative estimate of drug-likeness (QED) is 0.281. The highest BCUT2D eigenvalue weighted by atomic mass is 16.6. The number of aliphatic hydroxyl groups excluding tert-OH is 1. The van der Waals surface area contributed by atoms with Gasteiger partial charge in [0.1, 0.15) is 30.0 Å². The Morgan fingerprint density at radius 3 is 2.21 bits per heavy atom. The maximum absolute atomic E-state index is 13.8. The maximum Gasteiger partial charge on any atom is 0.338 e. The van der Waals surface area contributed by atoms with Crippen LogP contribution < -0.4 is 0 Å². The molecule has 6 aliphatic rings. The number of benzene rings is 1. The molecule has 1 saturated heterocycles. The minimum atomic E-state index is -1.86. The Kier molecular flexibility index (Phi) is 8.06. The van der Waals surface area contributed by atoms with Gasteiger partial charge >= 0.3 is 17.9 Å². The number of aliphatic hydroxyl groups is 2. The van der Waals surface area contributed by atoms with Gasteiger partial charge in [0, 0.05) is 89.9 Å². The molecule has 0 amide bonds. The molecular formula is C35H47NO12. The Morgan fingerprint density at radius 2 is 1.62 bits per heavy atom. The summed E-state index contributed by atoms with van der Waals surface area (Å²) in [7, 11) is 8.19. The zero-order valence-electron chi connectivity index (χ0n) is 28.5. The van der Waals surface area contributed by atoms with Gasteiger partial charge in [-0.2, -0.15) is 0 Å². The average molecular weight is 674 g/mol. The zero-order chi connectivity index (χ0) is 34.6.